The van der Waals surface area contributed by atoms with E-state index in [9.17, 15) is 0 Å². The second kappa shape index (κ2) is 11.1. The van der Waals surface area contributed by atoms with Crippen LogP contribution in [-0.4, -0.2) is 0 Å². The molecule has 10 rings (SSSR count). The molecule has 0 aromatic heterocycles. The maximum Gasteiger partial charge on any atom is 0.0530 e. The van der Waals surface area contributed by atoms with Crippen molar-refractivity contribution in [3.8, 4) is 22.3 Å². The largest absolute Gasteiger partial charge is 0.310 e. The first kappa shape index (κ1) is 32.3. The van der Waals surface area contributed by atoms with Crippen molar-refractivity contribution < 1.29 is 0 Å². The van der Waals surface area contributed by atoms with Gasteiger partial charge in [-0.2, -0.15) is 0 Å². The minimum Gasteiger partial charge on any atom is -0.310 e. The standard InChI is InChI=1S/C52H47N/c1-30(2)37-16-12-17-38(31(3)4)50(37)53(35-23-26-44-42(28-35)39-15-9-10-18-43(39)51(44,5)6)36-22-25-40-45(29-36)52(7,8)46-27-34-20-19-32-13-11-14-33-21-24-41(49(40)46)48(34)47(32)33/h9-31H,1-8H3. The summed E-state index contributed by atoms with van der Waals surface area (Å²) < 4.78 is 0. The molecule has 0 spiro atoms. The molecule has 1 nitrogen and oxygen atoms in total. The first-order valence-corrected chi connectivity index (χ1v) is 19.5. The van der Waals surface area contributed by atoms with Gasteiger partial charge < -0.3 is 4.90 Å². The zero-order valence-corrected chi connectivity index (χ0v) is 32.2. The molecular formula is C52H47N. The summed E-state index contributed by atoms with van der Waals surface area (Å²) in [6.45, 7) is 19.0. The minimum atomic E-state index is -0.170. The van der Waals surface area contributed by atoms with Crippen LogP contribution in [0.15, 0.2) is 127 Å². The van der Waals surface area contributed by atoms with Crippen molar-refractivity contribution in [2.75, 3.05) is 4.90 Å². The lowest BCUT2D eigenvalue weighted by atomic mass is 9.80. The molecule has 8 aromatic carbocycles. The summed E-state index contributed by atoms with van der Waals surface area (Å²) >= 11 is 0. The Morgan fingerprint density at radius 1 is 0.434 bits per heavy atom. The lowest BCUT2D eigenvalue weighted by Gasteiger charge is -2.33. The van der Waals surface area contributed by atoms with E-state index in [1.54, 1.807) is 0 Å². The molecule has 0 heterocycles. The molecule has 0 amide bonds. The molecule has 0 fully saturated rings. The number of para-hydroxylation sites is 1. The first-order valence-electron chi connectivity index (χ1n) is 19.5. The summed E-state index contributed by atoms with van der Waals surface area (Å²) in [6, 6.07) is 49.1. The summed E-state index contributed by atoms with van der Waals surface area (Å²) in [6.07, 6.45) is 0. The van der Waals surface area contributed by atoms with Gasteiger partial charge in [-0.1, -0.05) is 152 Å². The zero-order chi connectivity index (χ0) is 36.6. The topological polar surface area (TPSA) is 3.24 Å². The molecule has 53 heavy (non-hydrogen) atoms. The Morgan fingerprint density at radius 2 is 1.04 bits per heavy atom. The molecule has 0 radical (unpaired) electrons. The van der Waals surface area contributed by atoms with Crippen LogP contribution < -0.4 is 4.90 Å². The molecule has 0 bridgehead atoms. The van der Waals surface area contributed by atoms with Gasteiger partial charge in [0.15, 0.2) is 0 Å². The Labute approximate surface area is 314 Å². The quantitative estimate of drug-likeness (QED) is 0.163. The highest BCUT2D eigenvalue weighted by molar-refractivity contribution is 6.26. The molecule has 0 atom stereocenters. The Hall–Kier alpha value is -5.40. The van der Waals surface area contributed by atoms with Crippen LogP contribution in [0.1, 0.15) is 101 Å². The predicted molar refractivity (Wildman–Crippen MR) is 228 cm³/mol. The molecule has 0 unspecified atom stereocenters. The highest BCUT2D eigenvalue weighted by atomic mass is 15.1. The maximum absolute atomic E-state index is 2.60. The van der Waals surface area contributed by atoms with E-state index in [-0.39, 0.29) is 10.8 Å². The van der Waals surface area contributed by atoms with Crippen molar-refractivity contribution in [2.24, 2.45) is 0 Å². The smallest absolute Gasteiger partial charge is 0.0530 e. The van der Waals surface area contributed by atoms with Crippen molar-refractivity contribution in [2.45, 2.75) is 78.1 Å². The van der Waals surface area contributed by atoms with E-state index in [1.807, 2.05) is 0 Å². The summed E-state index contributed by atoms with van der Waals surface area (Å²) in [4.78, 5) is 2.60. The van der Waals surface area contributed by atoms with Crippen LogP contribution >= 0.6 is 0 Å². The van der Waals surface area contributed by atoms with Gasteiger partial charge in [0.1, 0.15) is 0 Å². The van der Waals surface area contributed by atoms with Crippen LogP contribution in [0.5, 0.6) is 0 Å². The van der Waals surface area contributed by atoms with Gasteiger partial charge in [-0.15, -0.1) is 0 Å². The third-order valence-corrected chi connectivity index (χ3v) is 12.9. The average Bonchev–Trinajstić information content (AvgIpc) is 3.52. The van der Waals surface area contributed by atoms with Gasteiger partial charge in [-0.25, -0.2) is 0 Å². The van der Waals surface area contributed by atoms with Crippen LogP contribution in [0.25, 0.3) is 54.6 Å². The number of rotatable bonds is 5. The van der Waals surface area contributed by atoms with Crippen molar-refractivity contribution in [3.63, 3.8) is 0 Å². The lowest BCUT2D eigenvalue weighted by molar-refractivity contribution is 0.660. The van der Waals surface area contributed by atoms with E-state index in [1.165, 1.54) is 105 Å². The van der Waals surface area contributed by atoms with Gasteiger partial charge in [0.05, 0.1) is 5.69 Å². The summed E-state index contributed by atoms with van der Waals surface area (Å²) in [5, 5.41) is 8.10. The van der Waals surface area contributed by atoms with Crippen LogP contribution in [0.3, 0.4) is 0 Å². The fraction of sp³-hybridized carbons (Fsp3) is 0.231. The van der Waals surface area contributed by atoms with E-state index in [2.05, 4.69) is 188 Å². The molecule has 0 saturated heterocycles. The van der Waals surface area contributed by atoms with Gasteiger partial charge in [0, 0.05) is 22.2 Å². The van der Waals surface area contributed by atoms with Crippen LogP contribution in [-0.2, 0) is 10.8 Å². The number of anilines is 3. The van der Waals surface area contributed by atoms with Crippen LogP contribution in [0.2, 0.25) is 0 Å². The first-order chi connectivity index (χ1) is 25.5. The van der Waals surface area contributed by atoms with E-state index >= 15 is 0 Å². The summed E-state index contributed by atoms with van der Waals surface area (Å²) in [5.41, 5.74) is 17.4. The van der Waals surface area contributed by atoms with E-state index in [0.717, 1.165) is 0 Å². The maximum atomic E-state index is 2.60. The fourth-order valence-corrected chi connectivity index (χ4v) is 10.2. The van der Waals surface area contributed by atoms with Gasteiger partial charge in [0.25, 0.3) is 0 Å². The number of nitrogens with zero attached hydrogens (tertiary/aromatic N) is 1. The van der Waals surface area contributed by atoms with Crippen molar-refractivity contribution in [1.29, 1.82) is 0 Å². The molecule has 0 N–H and O–H groups in total. The van der Waals surface area contributed by atoms with Gasteiger partial charge in [0.2, 0.25) is 0 Å². The molecule has 8 aromatic rings. The van der Waals surface area contributed by atoms with E-state index < -0.39 is 0 Å². The van der Waals surface area contributed by atoms with E-state index in [4.69, 9.17) is 0 Å². The average molecular weight is 686 g/mol. The zero-order valence-electron chi connectivity index (χ0n) is 32.2. The predicted octanol–water partition coefficient (Wildman–Crippen LogP) is 14.9. The normalized spacial score (nSPS) is 15.1. The second-order valence-electron chi connectivity index (χ2n) is 17.3. The Balaban J connectivity index is 1.24. The molecule has 2 aliphatic rings. The van der Waals surface area contributed by atoms with Crippen LogP contribution in [0, 0.1) is 0 Å². The number of benzene rings is 8. The number of hydrogen-bond donors (Lipinski definition) is 0. The Morgan fingerprint density at radius 3 is 1.77 bits per heavy atom. The monoisotopic (exact) mass is 685 g/mol. The van der Waals surface area contributed by atoms with Gasteiger partial charge >= 0.3 is 0 Å². The van der Waals surface area contributed by atoms with E-state index in [0.29, 0.717) is 11.8 Å². The minimum absolute atomic E-state index is 0.0397. The van der Waals surface area contributed by atoms with Crippen molar-refractivity contribution >= 4 is 49.4 Å². The molecule has 260 valence electrons. The SMILES string of the molecule is CC(C)c1cccc(C(C)C)c1N(c1ccc2c(c1)-c1ccccc1C2(C)C)c1ccc2c(c1)C(C)(C)c1cc3ccc4cccc5ccc(c1-2)c3c45. The summed E-state index contributed by atoms with van der Waals surface area (Å²) in [7, 11) is 0. The number of fused-ring (bicyclic) bond motifs is 7. The second-order valence-corrected chi connectivity index (χ2v) is 17.3. The molecule has 0 aliphatic heterocycles. The Bertz CT molecular complexity index is 2750. The molecule has 0 saturated carbocycles. The highest BCUT2D eigenvalue weighted by Gasteiger charge is 2.39. The van der Waals surface area contributed by atoms with Gasteiger partial charge in [-0.05, 0) is 130 Å². The molecular weight excluding hydrogens is 639 g/mol. The third-order valence-electron chi connectivity index (χ3n) is 12.9. The number of hydrogen-bond acceptors (Lipinski definition) is 1. The fourth-order valence-electron chi connectivity index (χ4n) is 10.2. The summed E-state index contributed by atoms with van der Waals surface area (Å²) in [5.74, 6) is 0.727. The molecule has 1 heteroatoms. The van der Waals surface area contributed by atoms with Gasteiger partial charge in [-0.3, -0.25) is 0 Å². The third kappa shape index (κ3) is 4.37. The highest BCUT2D eigenvalue weighted by Crippen LogP contribution is 2.56. The van der Waals surface area contributed by atoms with Crippen molar-refractivity contribution in [1.82, 2.24) is 0 Å². The molecule has 2 aliphatic carbocycles. The van der Waals surface area contributed by atoms with Crippen LogP contribution in [0.4, 0.5) is 17.1 Å². The lowest BCUT2D eigenvalue weighted by Crippen LogP contribution is -2.19. The van der Waals surface area contributed by atoms with Crippen molar-refractivity contribution in [3.05, 3.63) is 161 Å². The Kier molecular flexibility index (Phi) is 6.73.